The Bertz CT molecular complexity index is 874. The Morgan fingerprint density at radius 3 is 2.35 bits per heavy atom. The fourth-order valence-electron chi connectivity index (χ4n) is 2.60. The lowest BCUT2D eigenvalue weighted by atomic mass is 9.98. The zero-order chi connectivity index (χ0) is 16.4. The summed E-state index contributed by atoms with van der Waals surface area (Å²) in [5.41, 5.74) is 9.22. The van der Waals surface area contributed by atoms with Crippen LogP contribution < -0.4 is 10.5 Å². The number of nitrogen functional groups attached to an aromatic ring is 1. The topological polar surface area (TPSA) is 70.0 Å². The lowest BCUT2D eigenvalue weighted by Crippen LogP contribution is -2.31. The van der Waals surface area contributed by atoms with Crippen LogP contribution in [0.1, 0.15) is 21.5 Å². The number of benzene rings is 2. The molecule has 0 aliphatic rings. The Balaban J connectivity index is 2.17. The summed E-state index contributed by atoms with van der Waals surface area (Å²) in [5.74, 6) is -0.196. The van der Waals surface area contributed by atoms with Gasteiger partial charge < -0.3 is 10.9 Å². The molecule has 23 heavy (non-hydrogen) atoms. The zero-order valence-electron chi connectivity index (χ0n) is 12.7. The number of aryl methyl sites for hydroxylation is 1. The first-order chi connectivity index (χ1) is 11.1. The van der Waals surface area contributed by atoms with Gasteiger partial charge in [0.1, 0.15) is 5.69 Å². The lowest BCUT2D eigenvalue weighted by molar-refractivity contribution is -0.593. The molecule has 2 N–H and O–H groups in total. The number of hydrogen-bond acceptors (Lipinski definition) is 3. The highest BCUT2D eigenvalue weighted by molar-refractivity contribution is 6.13. The van der Waals surface area contributed by atoms with E-state index in [4.69, 9.17) is 5.73 Å². The molecule has 3 aromatic rings. The lowest BCUT2D eigenvalue weighted by Gasteiger charge is -2.12. The Morgan fingerprint density at radius 1 is 1.00 bits per heavy atom. The molecule has 0 atom stereocenters. The third kappa shape index (κ3) is 2.66. The van der Waals surface area contributed by atoms with E-state index in [1.807, 2.05) is 37.3 Å². The minimum Gasteiger partial charge on any atom is -0.618 e. The van der Waals surface area contributed by atoms with Crippen LogP contribution in [0.2, 0.25) is 0 Å². The molecule has 4 nitrogen and oxygen atoms in total. The fourth-order valence-corrected chi connectivity index (χ4v) is 2.60. The molecule has 0 spiro atoms. The van der Waals surface area contributed by atoms with Gasteiger partial charge >= 0.3 is 0 Å². The van der Waals surface area contributed by atoms with E-state index in [2.05, 4.69) is 0 Å². The maximum absolute atomic E-state index is 12.7. The van der Waals surface area contributed by atoms with Crippen molar-refractivity contribution >= 4 is 11.5 Å². The van der Waals surface area contributed by atoms with E-state index < -0.39 is 0 Å². The Hall–Kier alpha value is -3.14. The van der Waals surface area contributed by atoms with Crippen LogP contribution in [0.25, 0.3) is 11.3 Å². The van der Waals surface area contributed by atoms with Crippen LogP contribution in [0.5, 0.6) is 0 Å². The molecule has 0 fully saturated rings. The van der Waals surface area contributed by atoms with E-state index in [0.717, 1.165) is 11.1 Å². The Labute approximate surface area is 134 Å². The van der Waals surface area contributed by atoms with Crippen molar-refractivity contribution in [2.24, 2.45) is 0 Å². The van der Waals surface area contributed by atoms with Gasteiger partial charge in [0.25, 0.3) is 0 Å². The smallest absolute Gasteiger partial charge is 0.247 e. The van der Waals surface area contributed by atoms with E-state index >= 15 is 0 Å². The second kappa shape index (κ2) is 5.93. The number of anilines is 1. The molecule has 1 heterocycles. The molecule has 1 aromatic heterocycles. The third-order valence-electron chi connectivity index (χ3n) is 3.82. The van der Waals surface area contributed by atoms with Crippen molar-refractivity contribution in [3.05, 3.63) is 88.8 Å². The average Bonchev–Trinajstić information content (AvgIpc) is 2.57. The van der Waals surface area contributed by atoms with Crippen molar-refractivity contribution < 1.29 is 9.52 Å². The molecule has 0 aliphatic heterocycles. The summed E-state index contributed by atoms with van der Waals surface area (Å²) in [5, 5.41) is 12.2. The monoisotopic (exact) mass is 304 g/mol. The minimum atomic E-state index is -0.196. The third-order valence-corrected chi connectivity index (χ3v) is 3.82. The van der Waals surface area contributed by atoms with Crippen molar-refractivity contribution in [2.45, 2.75) is 6.92 Å². The molecule has 0 saturated heterocycles. The van der Waals surface area contributed by atoms with E-state index in [1.165, 1.54) is 12.3 Å². The molecular weight excluding hydrogens is 288 g/mol. The summed E-state index contributed by atoms with van der Waals surface area (Å²) in [6, 6.07) is 17.8. The molecule has 4 heteroatoms. The van der Waals surface area contributed by atoms with Gasteiger partial charge in [-0.15, -0.1) is 0 Å². The first-order valence-electron chi connectivity index (χ1n) is 7.27. The van der Waals surface area contributed by atoms with Crippen molar-refractivity contribution in [2.75, 3.05) is 5.73 Å². The molecule has 0 aliphatic carbocycles. The number of ketones is 1. The van der Waals surface area contributed by atoms with Crippen molar-refractivity contribution in [3.63, 3.8) is 0 Å². The van der Waals surface area contributed by atoms with Crippen LogP contribution in [0.15, 0.2) is 66.9 Å². The number of nitrogens with zero attached hydrogens (tertiary/aromatic N) is 1. The highest BCUT2D eigenvalue weighted by Crippen LogP contribution is 2.28. The molecule has 0 radical (unpaired) electrons. The van der Waals surface area contributed by atoms with E-state index in [0.29, 0.717) is 21.6 Å². The van der Waals surface area contributed by atoms with Crippen LogP contribution in [0, 0.1) is 12.1 Å². The maximum atomic E-state index is 12.7. The highest BCUT2D eigenvalue weighted by atomic mass is 16.5. The number of rotatable bonds is 3. The van der Waals surface area contributed by atoms with Crippen LogP contribution in [-0.2, 0) is 0 Å². The number of hydrogen-bond donors (Lipinski definition) is 1. The van der Waals surface area contributed by atoms with Crippen LogP contribution >= 0.6 is 0 Å². The van der Waals surface area contributed by atoms with Gasteiger partial charge in [-0.25, -0.2) is 0 Å². The molecular formula is C19H16N2O2. The summed E-state index contributed by atoms with van der Waals surface area (Å²) in [7, 11) is 0. The number of aromatic nitrogens is 1. The molecule has 0 amide bonds. The summed E-state index contributed by atoms with van der Waals surface area (Å²) in [4.78, 5) is 12.7. The first kappa shape index (κ1) is 14.8. The van der Waals surface area contributed by atoms with Gasteiger partial charge in [0.15, 0.2) is 12.0 Å². The summed E-state index contributed by atoms with van der Waals surface area (Å²) < 4.78 is 0.708. The minimum absolute atomic E-state index is 0.196. The zero-order valence-corrected chi connectivity index (χ0v) is 12.7. The number of nitrogens with two attached hydrogens (primary N) is 1. The molecule has 114 valence electrons. The largest absolute Gasteiger partial charge is 0.618 e. The predicted molar refractivity (Wildman–Crippen MR) is 89.9 cm³/mol. The van der Waals surface area contributed by atoms with Gasteiger partial charge in [0, 0.05) is 11.6 Å². The maximum Gasteiger partial charge on any atom is 0.247 e. The Morgan fingerprint density at radius 2 is 1.65 bits per heavy atom. The molecule has 3 rings (SSSR count). The predicted octanol–water partition coefficient (Wildman–Crippen LogP) is 3.11. The van der Waals surface area contributed by atoms with Gasteiger partial charge in [-0.1, -0.05) is 48.5 Å². The number of carbonyl (C=O) groups excluding carboxylic acids is 1. The van der Waals surface area contributed by atoms with Gasteiger partial charge in [-0.05, 0) is 18.6 Å². The SMILES string of the molecule is Cc1ccccc1-c1c(N)c(C(=O)c2ccccc2)cc[n+]1[O-]. The van der Waals surface area contributed by atoms with Crippen molar-refractivity contribution in [1.29, 1.82) is 0 Å². The normalized spacial score (nSPS) is 10.5. The van der Waals surface area contributed by atoms with Crippen LogP contribution in [-0.4, -0.2) is 5.78 Å². The molecule has 0 unspecified atom stereocenters. The molecule has 0 saturated carbocycles. The number of pyridine rings is 1. The average molecular weight is 304 g/mol. The standard InChI is InChI=1S/C19H16N2O2/c1-13-7-5-6-10-15(13)18-17(20)16(11-12-21(18)23)19(22)14-8-3-2-4-9-14/h2-12H,20H2,1H3. The molecule has 0 bridgehead atoms. The van der Waals surface area contributed by atoms with Crippen LogP contribution in [0.4, 0.5) is 5.69 Å². The van der Waals surface area contributed by atoms with Crippen molar-refractivity contribution in [3.8, 4) is 11.3 Å². The Kier molecular flexibility index (Phi) is 3.81. The second-order valence-corrected chi connectivity index (χ2v) is 5.33. The molecule has 2 aromatic carbocycles. The van der Waals surface area contributed by atoms with Gasteiger partial charge in [-0.3, -0.25) is 4.79 Å². The first-order valence-corrected chi connectivity index (χ1v) is 7.27. The summed E-state index contributed by atoms with van der Waals surface area (Å²) in [6.07, 6.45) is 1.33. The second-order valence-electron chi connectivity index (χ2n) is 5.33. The van der Waals surface area contributed by atoms with Gasteiger partial charge in [0.05, 0.1) is 11.1 Å². The van der Waals surface area contributed by atoms with Crippen LogP contribution in [0.3, 0.4) is 0 Å². The summed E-state index contributed by atoms with van der Waals surface area (Å²) in [6.45, 7) is 1.90. The quantitative estimate of drug-likeness (QED) is 0.459. The van der Waals surface area contributed by atoms with E-state index in [-0.39, 0.29) is 11.5 Å². The highest BCUT2D eigenvalue weighted by Gasteiger charge is 2.22. The van der Waals surface area contributed by atoms with E-state index in [9.17, 15) is 10.0 Å². The summed E-state index contributed by atoms with van der Waals surface area (Å²) >= 11 is 0. The fraction of sp³-hybridized carbons (Fsp3) is 0.0526. The van der Waals surface area contributed by atoms with E-state index in [1.54, 1.807) is 24.3 Å². The van der Waals surface area contributed by atoms with Gasteiger partial charge in [-0.2, -0.15) is 4.73 Å². The van der Waals surface area contributed by atoms with Crippen molar-refractivity contribution in [1.82, 2.24) is 0 Å². The number of carbonyl (C=O) groups is 1. The van der Waals surface area contributed by atoms with Gasteiger partial charge in [0.2, 0.25) is 5.69 Å².